The van der Waals surface area contributed by atoms with Crippen LogP contribution >= 0.6 is 0 Å². The topological polar surface area (TPSA) is 0 Å². The van der Waals surface area contributed by atoms with Crippen LogP contribution in [0.3, 0.4) is 0 Å². The van der Waals surface area contributed by atoms with Gasteiger partial charge in [-0.25, -0.2) is 0 Å². The molecule has 0 saturated heterocycles. The molecule has 4 aromatic rings. The Morgan fingerprint density at radius 1 is 0.697 bits per heavy atom. The van der Waals surface area contributed by atoms with Crippen LogP contribution in [0.15, 0.2) is 72.8 Å². The predicted molar refractivity (Wildman–Crippen MR) is 155 cm³/mol. The van der Waals surface area contributed by atoms with E-state index in [4.69, 9.17) is 0 Å². The summed E-state index contributed by atoms with van der Waals surface area (Å²) >= 11 is 0. The van der Waals surface area contributed by atoms with Gasteiger partial charge >= 0.3 is 0 Å². The number of hydrogen-bond acceptors (Lipinski definition) is 0. The van der Waals surface area contributed by atoms with Crippen LogP contribution in [0, 0.1) is 26.4 Å². The minimum absolute atomic E-state index is 0. The molecule has 0 saturated carbocycles. The van der Waals surface area contributed by atoms with Crippen molar-refractivity contribution in [2.75, 3.05) is 0 Å². The maximum atomic E-state index is 3.49. The molecule has 0 spiro atoms. The minimum atomic E-state index is -0.856. The molecule has 0 aliphatic rings. The van der Waals surface area contributed by atoms with Crippen LogP contribution in [0.25, 0.3) is 21.5 Å². The van der Waals surface area contributed by atoms with Gasteiger partial charge in [0.15, 0.2) is 0 Å². The fourth-order valence-electron chi connectivity index (χ4n) is 3.95. The van der Waals surface area contributed by atoms with E-state index >= 15 is 0 Å². The van der Waals surface area contributed by atoms with E-state index in [9.17, 15) is 0 Å². The molecule has 33 heavy (non-hydrogen) atoms. The van der Waals surface area contributed by atoms with Crippen LogP contribution in [0.1, 0.15) is 24.5 Å². The van der Waals surface area contributed by atoms with Gasteiger partial charge in [-0.05, 0) is 13.8 Å². The Morgan fingerprint density at radius 3 is 1.27 bits per heavy atom. The van der Waals surface area contributed by atoms with Crippen LogP contribution in [0.4, 0.5) is 0 Å². The summed E-state index contributed by atoms with van der Waals surface area (Å²) < 4.78 is 0. The van der Waals surface area contributed by atoms with Gasteiger partial charge < -0.3 is 12.6 Å². The van der Waals surface area contributed by atoms with Gasteiger partial charge in [0.25, 0.3) is 0 Å². The van der Waals surface area contributed by atoms with E-state index in [0.717, 1.165) is 6.42 Å². The quantitative estimate of drug-likeness (QED) is 0.172. The summed E-state index contributed by atoms with van der Waals surface area (Å²) in [4.78, 5) is 0. The number of benzene rings is 2. The molecule has 1 radical (unpaired) electrons. The summed E-state index contributed by atoms with van der Waals surface area (Å²) in [6, 6.07) is 25.5. The fraction of sp³-hybridized carbons (Fsp3) is 0.333. The van der Waals surface area contributed by atoms with E-state index in [2.05, 4.69) is 139 Å². The van der Waals surface area contributed by atoms with Crippen LogP contribution in [0.2, 0.25) is 39.3 Å². The Labute approximate surface area is 231 Å². The van der Waals surface area contributed by atoms with Crippen molar-refractivity contribution < 1.29 is 32.7 Å². The maximum absolute atomic E-state index is 3.49. The largest absolute Gasteiger partial charge is 0.344 e. The SMILES string of the molecule is C[Si](C)(C)[CH-][Si](C)(C)C.Cc1cccc2[cH-]ccc12.Cc1cccc2[cH-]ccc12.[CH2-]CC.[Y]. The van der Waals surface area contributed by atoms with Gasteiger partial charge in [0.2, 0.25) is 0 Å². The van der Waals surface area contributed by atoms with Crippen molar-refractivity contribution in [1.29, 1.82) is 0 Å². The molecule has 0 amide bonds. The first kappa shape index (κ1) is 32.2. The van der Waals surface area contributed by atoms with Gasteiger partial charge in [0.05, 0.1) is 0 Å². The Kier molecular flexibility index (Phi) is 14.9. The van der Waals surface area contributed by atoms with Crippen LogP contribution in [-0.2, 0) is 32.7 Å². The van der Waals surface area contributed by atoms with Crippen molar-refractivity contribution in [2.45, 2.75) is 66.5 Å². The Balaban J connectivity index is 0.000000434. The standard InChI is InChI=1S/2C10H9.C7H19Si2.C3H7.Y/c2*1-8-4-2-5-9-6-3-7-10(8)9;1-8(2,3)7-9(4,5)6;1-3-2;/h2*2-7H,1H3;7H,1-6H3;1,3H2,2H3;/q4*-1;. The molecule has 0 aliphatic carbocycles. The number of fused-ring (bicyclic) bond motifs is 2. The van der Waals surface area contributed by atoms with E-state index in [1.165, 1.54) is 32.7 Å². The van der Waals surface area contributed by atoms with Crippen LogP contribution in [0.5, 0.6) is 0 Å². The van der Waals surface area contributed by atoms with Crippen molar-refractivity contribution in [3.8, 4) is 0 Å². The molecular formula is C30H44Si2Y-4. The summed E-state index contributed by atoms with van der Waals surface area (Å²) in [6.45, 7) is 24.2. The zero-order valence-electron chi connectivity index (χ0n) is 22.5. The molecule has 0 atom stereocenters. The van der Waals surface area contributed by atoms with E-state index in [1.807, 2.05) is 6.92 Å². The normalized spacial score (nSPS) is 10.7. The van der Waals surface area contributed by atoms with Crippen molar-refractivity contribution in [1.82, 2.24) is 0 Å². The summed E-state index contributed by atoms with van der Waals surface area (Å²) in [5.74, 6) is 0. The van der Waals surface area contributed by atoms with E-state index in [1.54, 1.807) is 0 Å². The Hall–Kier alpha value is -0.802. The average Bonchev–Trinajstić information content (AvgIpc) is 3.31. The van der Waals surface area contributed by atoms with Gasteiger partial charge in [-0.3, -0.25) is 0 Å². The molecule has 4 aromatic carbocycles. The van der Waals surface area contributed by atoms with E-state index in [-0.39, 0.29) is 32.7 Å². The maximum Gasteiger partial charge on any atom is 0 e. The molecule has 3 heteroatoms. The third-order valence-corrected chi connectivity index (χ3v) is 11.6. The number of aryl methyl sites for hydroxylation is 2. The molecule has 0 aliphatic heterocycles. The van der Waals surface area contributed by atoms with E-state index in [0.29, 0.717) is 0 Å². The van der Waals surface area contributed by atoms with Crippen molar-refractivity contribution in [3.05, 3.63) is 96.5 Å². The molecule has 4 rings (SSSR count). The van der Waals surface area contributed by atoms with Gasteiger partial charge in [-0.15, -0.1) is 74.1 Å². The number of hydrogen-bond donors (Lipinski definition) is 0. The first-order valence-corrected chi connectivity index (χ1v) is 18.9. The van der Waals surface area contributed by atoms with Crippen molar-refractivity contribution in [3.63, 3.8) is 0 Å². The summed E-state index contributed by atoms with van der Waals surface area (Å²) in [7, 11) is -1.71. The van der Waals surface area contributed by atoms with Gasteiger partial charge in [-0.1, -0.05) is 69.5 Å². The summed E-state index contributed by atoms with van der Waals surface area (Å²) in [5.41, 5.74) is 5.38. The van der Waals surface area contributed by atoms with Gasteiger partial charge in [0, 0.05) is 32.7 Å². The zero-order valence-corrected chi connectivity index (χ0v) is 27.3. The minimum Gasteiger partial charge on any atom is -0.344 e. The molecule has 0 fully saturated rings. The van der Waals surface area contributed by atoms with E-state index < -0.39 is 16.1 Å². The molecule has 0 bridgehead atoms. The van der Waals surface area contributed by atoms with Crippen LogP contribution < -0.4 is 0 Å². The smallest absolute Gasteiger partial charge is 0 e. The molecule has 0 aromatic heterocycles. The second-order valence-electron chi connectivity index (χ2n) is 10.6. The second kappa shape index (κ2) is 15.2. The van der Waals surface area contributed by atoms with Gasteiger partial charge in [0.1, 0.15) is 0 Å². The first-order valence-electron chi connectivity index (χ1n) is 11.8. The Bertz CT molecular complexity index is 958. The monoisotopic (exact) mass is 549 g/mol. The summed E-state index contributed by atoms with van der Waals surface area (Å²) in [5, 5.41) is 5.45. The van der Waals surface area contributed by atoms with Crippen molar-refractivity contribution >= 4 is 37.7 Å². The molecule has 0 heterocycles. The molecular weight excluding hydrogens is 505 g/mol. The molecule has 0 unspecified atom stereocenters. The average molecular weight is 550 g/mol. The third-order valence-electron chi connectivity index (χ3n) is 4.66. The third kappa shape index (κ3) is 13.0. The number of rotatable bonds is 2. The Morgan fingerprint density at radius 2 is 1.03 bits per heavy atom. The van der Waals surface area contributed by atoms with Crippen molar-refractivity contribution in [2.24, 2.45) is 0 Å². The molecule has 0 N–H and O–H groups in total. The summed E-state index contributed by atoms with van der Waals surface area (Å²) in [6.07, 6.45) is 1.00. The fourth-order valence-corrected chi connectivity index (χ4v) is 14.3. The van der Waals surface area contributed by atoms with Crippen LogP contribution in [-0.4, -0.2) is 16.1 Å². The molecule has 179 valence electrons. The predicted octanol–water partition coefficient (Wildman–Crippen LogP) is 9.91. The second-order valence-corrected chi connectivity index (χ2v) is 21.2. The van der Waals surface area contributed by atoms with Gasteiger partial charge in [-0.2, -0.15) is 30.7 Å². The first-order chi connectivity index (χ1) is 14.9. The zero-order chi connectivity index (χ0) is 24.4. The molecule has 0 nitrogen and oxygen atoms in total.